The summed E-state index contributed by atoms with van der Waals surface area (Å²) in [4.78, 5) is 0. The summed E-state index contributed by atoms with van der Waals surface area (Å²) in [7, 11) is -1.75. The van der Waals surface area contributed by atoms with Gasteiger partial charge in [-0.25, -0.2) is 0 Å². The highest BCUT2D eigenvalue weighted by molar-refractivity contribution is 7.41. The fraction of sp³-hybridized carbons (Fsp3) is 0.250. The lowest BCUT2D eigenvalue weighted by molar-refractivity contribution is 0.509. The molecule has 0 aliphatic rings. The first-order valence-corrected chi connectivity index (χ1v) is 5.37. The Hall–Kier alpha value is -0.590. The Balaban J connectivity index is 2.64. The second-order valence-electron chi connectivity index (χ2n) is 2.36. The molecule has 1 rings (SSSR count). The molecule has 0 aliphatic carbocycles. The average Bonchev–Trinajstić information content (AvgIpc) is 2.09. The molecule has 64 valence electrons. The van der Waals surface area contributed by atoms with Crippen LogP contribution in [0.1, 0.15) is 5.56 Å². The van der Waals surface area contributed by atoms with E-state index < -0.39 is 8.03 Å². The molecule has 1 aromatic rings. The van der Waals surface area contributed by atoms with Crippen LogP contribution in [0.2, 0.25) is 0 Å². The Kier molecular flexibility index (Phi) is 3.51. The van der Waals surface area contributed by atoms with E-state index in [4.69, 9.17) is 16.1 Å². The van der Waals surface area contributed by atoms with Gasteiger partial charge in [0.2, 0.25) is 0 Å². The molecular formula is C8H9ClO2P+. The number of rotatable bonds is 3. The highest BCUT2D eigenvalue weighted by atomic mass is 35.5. The summed E-state index contributed by atoms with van der Waals surface area (Å²) in [6, 6.07) is 7.34. The second-order valence-corrected chi connectivity index (χ2v) is 4.16. The van der Waals surface area contributed by atoms with Crippen molar-refractivity contribution in [2.75, 3.05) is 5.62 Å². The molecule has 0 fully saturated rings. The zero-order valence-electron chi connectivity index (χ0n) is 6.66. The van der Waals surface area contributed by atoms with Gasteiger partial charge in [0.1, 0.15) is 0 Å². The van der Waals surface area contributed by atoms with E-state index in [9.17, 15) is 4.57 Å². The molecule has 0 saturated carbocycles. The van der Waals surface area contributed by atoms with Gasteiger partial charge in [0.15, 0.2) is 5.75 Å². The normalized spacial score (nSPS) is 11.0. The first kappa shape index (κ1) is 9.50. The van der Waals surface area contributed by atoms with Crippen molar-refractivity contribution < 1.29 is 9.09 Å². The number of benzene rings is 1. The molecular weight excluding hydrogens is 195 g/mol. The van der Waals surface area contributed by atoms with Gasteiger partial charge < -0.3 is 0 Å². The van der Waals surface area contributed by atoms with E-state index in [2.05, 4.69) is 0 Å². The van der Waals surface area contributed by atoms with Crippen molar-refractivity contribution in [3.63, 3.8) is 0 Å². The van der Waals surface area contributed by atoms with Crippen LogP contribution in [-0.4, -0.2) is 5.62 Å². The van der Waals surface area contributed by atoms with Crippen LogP contribution < -0.4 is 4.52 Å². The van der Waals surface area contributed by atoms with Crippen LogP contribution >= 0.6 is 19.6 Å². The van der Waals surface area contributed by atoms with Crippen molar-refractivity contribution in [2.24, 2.45) is 0 Å². The Bertz CT molecular complexity index is 271. The highest BCUT2D eigenvalue weighted by Crippen LogP contribution is 2.27. The summed E-state index contributed by atoms with van der Waals surface area (Å²) < 4.78 is 15.9. The minimum absolute atomic E-state index is 0.0310. The van der Waals surface area contributed by atoms with Crippen LogP contribution in [0, 0.1) is 6.92 Å². The highest BCUT2D eigenvalue weighted by Gasteiger charge is 2.15. The summed E-state index contributed by atoms with van der Waals surface area (Å²) >= 11 is 5.32. The number of hydrogen-bond acceptors (Lipinski definition) is 2. The van der Waals surface area contributed by atoms with E-state index in [1.807, 2.05) is 19.1 Å². The van der Waals surface area contributed by atoms with Gasteiger partial charge in [-0.1, -0.05) is 29.3 Å². The van der Waals surface area contributed by atoms with E-state index >= 15 is 0 Å². The van der Waals surface area contributed by atoms with Gasteiger partial charge in [-0.15, -0.1) is 0 Å². The standard InChI is InChI=1S/C8H9ClO2P/c1-7-2-4-8(5-3-7)11-12(10)6-9/h2-5H,6H2,1H3/q+1. The SMILES string of the molecule is Cc1ccc(O[P+](=O)CCl)cc1. The zero-order chi connectivity index (χ0) is 8.97. The third-order valence-corrected chi connectivity index (χ3v) is 2.52. The molecule has 12 heavy (non-hydrogen) atoms. The van der Waals surface area contributed by atoms with Crippen LogP contribution in [0.25, 0.3) is 0 Å². The van der Waals surface area contributed by atoms with Gasteiger partial charge in [0, 0.05) is 0 Å². The summed E-state index contributed by atoms with van der Waals surface area (Å²) in [6.07, 6.45) is 0. The largest absolute Gasteiger partial charge is 0.572 e. The Labute approximate surface area is 77.4 Å². The van der Waals surface area contributed by atoms with E-state index in [-0.39, 0.29) is 5.62 Å². The fourth-order valence-electron chi connectivity index (χ4n) is 0.741. The molecule has 0 spiro atoms. The minimum Gasteiger partial charge on any atom is -0.254 e. The number of aryl methyl sites for hydroxylation is 1. The molecule has 4 heteroatoms. The molecule has 1 atom stereocenters. The maximum absolute atomic E-state index is 10.9. The van der Waals surface area contributed by atoms with Gasteiger partial charge in [-0.2, -0.15) is 0 Å². The van der Waals surface area contributed by atoms with Crippen LogP contribution in [0.15, 0.2) is 24.3 Å². The van der Waals surface area contributed by atoms with Crippen molar-refractivity contribution in [1.82, 2.24) is 0 Å². The van der Waals surface area contributed by atoms with E-state index in [1.54, 1.807) is 12.1 Å². The van der Waals surface area contributed by atoms with Gasteiger partial charge in [0.25, 0.3) is 5.62 Å². The molecule has 0 aromatic heterocycles. The molecule has 2 nitrogen and oxygen atoms in total. The maximum atomic E-state index is 10.9. The molecule has 0 aliphatic heterocycles. The first-order valence-electron chi connectivity index (χ1n) is 3.47. The Morgan fingerprint density at radius 1 is 1.42 bits per heavy atom. The minimum atomic E-state index is -1.75. The molecule has 0 saturated heterocycles. The van der Waals surface area contributed by atoms with Crippen LogP contribution in [0.5, 0.6) is 5.75 Å². The topological polar surface area (TPSA) is 26.3 Å². The molecule has 0 N–H and O–H groups in total. The molecule has 0 heterocycles. The summed E-state index contributed by atoms with van der Waals surface area (Å²) in [6.45, 7) is 1.98. The quantitative estimate of drug-likeness (QED) is 0.557. The van der Waals surface area contributed by atoms with Crippen LogP contribution in [0.3, 0.4) is 0 Å². The van der Waals surface area contributed by atoms with Gasteiger partial charge in [0.05, 0.1) is 0 Å². The zero-order valence-corrected chi connectivity index (χ0v) is 8.31. The predicted molar refractivity (Wildman–Crippen MR) is 50.1 cm³/mol. The fourth-order valence-corrected chi connectivity index (χ4v) is 1.29. The van der Waals surface area contributed by atoms with Crippen LogP contribution in [-0.2, 0) is 4.57 Å². The lowest BCUT2D eigenvalue weighted by atomic mass is 10.2. The number of hydrogen-bond donors (Lipinski definition) is 0. The van der Waals surface area contributed by atoms with E-state index in [0.29, 0.717) is 5.75 Å². The Morgan fingerprint density at radius 2 is 2.00 bits per heavy atom. The van der Waals surface area contributed by atoms with Crippen LogP contribution in [0.4, 0.5) is 0 Å². The third kappa shape index (κ3) is 2.80. The van der Waals surface area contributed by atoms with Crippen molar-refractivity contribution >= 4 is 19.6 Å². The van der Waals surface area contributed by atoms with E-state index in [0.717, 1.165) is 5.56 Å². The average molecular weight is 204 g/mol. The van der Waals surface area contributed by atoms with Crippen molar-refractivity contribution in [2.45, 2.75) is 6.92 Å². The Morgan fingerprint density at radius 3 is 2.50 bits per heavy atom. The molecule has 0 amide bonds. The van der Waals surface area contributed by atoms with Gasteiger partial charge in [-0.3, -0.25) is 4.52 Å². The smallest absolute Gasteiger partial charge is 0.254 e. The first-order chi connectivity index (χ1) is 5.72. The van der Waals surface area contributed by atoms with Gasteiger partial charge in [-0.05, 0) is 23.6 Å². The van der Waals surface area contributed by atoms with Crippen molar-refractivity contribution in [3.05, 3.63) is 29.8 Å². The summed E-state index contributed by atoms with van der Waals surface area (Å²) in [5.41, 5.74) is 1.17. The lowest BCUT2D eigenvalue weighted by Gasteiger charge is -1.92. The summed E-state index contributed by atoms with van der Waals surface area (Å²) in [5, 5.41) is 0. The summed E-state index contributed by atoms with van der Waals surface area (Å²) in [5.74, 6) is 0.599. The monoisotopic (exact) mass is 203 g/mol. The van der Waals surface area contributed by atoms with Crippen molar-refractivity contribution in [3.8, 4) is 5.75 Å². The molecule has 1 aromatic carbocycles. The third-order valence-electron chi connectivity index (χ3n) is 1.33. The van der Waals surface area contributed by atoms with Crippen molar-refractivity contribution in [1.29, 1.82) is 0 Å². The maximum Gasteiger partial charge on any atom is 0.572 e. The predicted octanol–water partition coefficient (Wildman–Crippen LogP) is 3.31. The van der Waals surface area contributed by atoms with E-state index in [1.165, 1.54) is 0 Å². The molecule has 1 unspecified atom stereocenters. The molecule has 0 bridgehead atoms. The lowest BCUT2D eigenvalue weighted by Crippen LogP contribution is -1.81. The second kappa shape index (κ2) is 4.44. The number of alkyl halides is 1. The number of halogens is 1. The molecule has 0 radical (unpaired) electrons. The van der Waals surface area contributed by atoms with Gasteiger partial charge >= 0.3 is 8.03 Å².